The van der Waals surface area contributed by atoms with Crippen molar-refractivity contribution < 1.29 is 13.2 Å². The van der Waals surface area contributed by atoms with Crippen molar-refractivity contribution in [3.05, 3.63) is 83.2 Å². The second-order valence-electron chi connectivity index (χ2n) is 8.63. The molecule has 1 fully saturated rings. The van der Waals surface area contributed by atoms with Crippen molar-refractivity contribution in [1.29, 1.82) is 0 Å². The van der Waals surface area contributed by atoms with Gasteiger partial charge in [-0.2, -0.15) is 0 Å². The number of carbonyl (C=O) groups is 1. The smallest absolute Gasteiger partial charge is 0.228 e. The van der Waals surface area contributed by atoms with E-state index >= 15 is 0 Å². The van der Waals surface area contributed by atoms with Crippen molar-refractivity contribution in [3.63, 3.8) is 0 Å². The molecule has 1 heterocycles. The van der Waals surface area contributed by atoms with Crippen LogP contribution in [-0.4, -0.2) is 35.3 Å². The van der Waals surface area contributed by atoms with Crippen LogP contribution in [0.1, 0.15) is 42.1 Å². The molecular weight excluding hydrogens is 422 g/mol. The third-order valence-electron chi connectivity index (χ3n) is 5.94. The molecular formula is C25H29N3O3S. The summed E-state index contributed by atoms with van der Waals surface area (Å²) in [6, 6.07) is 17.2. The van der Waals surface area contributed by atoms with E-state index in [9.17, 15) is 13.2 Å². The van der Waals surface area contributed by atoms with Crippen LogP contribution in [0.15, 0.2) is 66.0 Å². The molecule has 0 atom stereocenters. The Morgan fingerprint density at radius 1 is 1.09 bits per heavy atom. The molecule has 3 aromatic rings. The number of carbonyl (C=O) groups excluding carboxylic acids is 1. The van der Waals surface area contributed by atoms with E-state index in [0.717, 1.165) is 35.2 Å². The van der Waals surface area contributed by atoms with Crippen LogP contribution in [0, 0.1) is 12.8 Å². The highest BCUT2D eigenvalue weighted by Crippen LogP contribution is 2.30. The molecule has 1 amide bonds. The fourth-order valence-electron chi connectivity index (χ4n) is 3.85. The van der Waals surface area contributed by atoms with Gasteiger partial charge in [-0.05, 0) is 42.4 Å². The first-order valence-electron chi connectivity index (χ1n) is 10.9. The maximum atomic E-state index is 13.4. The van der Waals surface area contributed by atoms with Crippen LogP contribution >= 0.6 is 0 Å². The van der Waals surface area contributed by atoms with Gasteiger partial charge < -0.3 is 9.47 Å². The number of hydrogen-bond acceptors (Lipinski definition) is 4. The van der Waals surface area contributed by atoms with Crippen molar-refractivity contribution in [3.8, 4) is 0 Å². The normalized spacial score (nSPS) is 13.8. The summed E-state index contributed by atoms with van der Waals surface area (Å²) in [5.74, 6) is 0.436. The molecule has 0 radical (unpaired) electrons. The number of sulfone groups is 1. The summed E-state index contributed by atoms with van der Waals surface area (Å²) in [5, 5.41) is 0.0505. The van der Waals surface area contributed by atoms with Crippen molar-refractivity contribution in [2.75, 3.05) is 6.54 Å². The fraction of sp³-hybridized carbons (Fsp3) is 0.360. The van der Waals surface area contributed by atoms with Crippen LogP contribution in [0.25, 0.3) is 0 Å². The van der Waals surface area contributed by atoms with Gasteiger partial charge in [0.05, 0.1) is 30.7 Å². The van der Waals surface area contributed by atoms with Crippen molar-refractivity contribution >= 4 is 15.7 Å². The Labute approximate surface area is 189 Å². The lowest BCUT2D eigenvalue weighted by Gasteiger charge is -2.22. The summed E-state index contributed by atoms with van der Waals surface area (Å²) in [4.78, 5) is 18.4. The maximum absolute atomic E-state index is 13.4. The first-order chi connectivity index (χ1) is 15.3. The molecule has 7 heteroatoms. The van der Waals surface area contributed by atoms with E-state index < -0.39 is 9.84 Å². The molecule has 2 aromatic carbocycles. The third-order valence-corrected chi connectivity index (χ3v) is 7.52. The average molecular weight is 452 g/mol. The van der Waals surface area contributed by atoms with Crippen LogP contribution in [0.3, 0.4) is 0 Å². The Morgan fingerprint density at radius 2 is 1.78 bits per heavy atom. The molecule has 0 saturated heterocycles. The molecule has 6 nitrogen and oxygen atoms in total. The molecule has 0 spiro atoms. The van der Waals surface area contributed by atoms with Crippen LogP contribution in [0.4, 0.5) is 0 Å². The molecule has 32 heavy (non-hydrogen) atoms. The molecule has 0 aliphatic heterocycles. The molecule has 0 N–H and O–H groups in total. The second kappa shape index (κ2) is 9.28. The molecule has 168 valence electrons. The standard InChI is InChI=1S/C25H29N3O3S/c1-19-8-6-7-11-23(19)18-32(30,31)25-26-14-24(17-27(20(2)29)15-22-12-13-22)28(25)16-21-9-4-3-5-10-21/h3-11,14,22H,12-13,15-18H2,1-2H3. The summed E-state index contributed by atoms with van der Waals surface area (Å²) < 4.78 is 28.6. The number of rotatable bonds is 9. The predicted molar refractivity (Wildman–Crippen MR) is 124 cm³/mol. The van der Waals surface area contributed by atoms with E-state index in [1.54, 1.807) is 22.6 Å². The van der Waals surface area contributed by atoms with Crippen molar-refractivity contribution in [2.24, 2.45) is 5.92 Å². The number of aromatic nitrogens is 2. The average Bonchev–Trinajstić information content (AvgIpc) is 3.49. The van der Waals surface area contributed by atoms with Crippen LogP contribution in [0.2, 0.25) is 0 Å². The molecule has 1 saturated carbocycles. The Balaban J connectivity index is 1.69. The van der Waals surface area contributed by atoms with E-state index in [1.807, 2.05) is 61.5 Å². The zero-order valence-corrected chi connectivity index (χ0v) is 19.4. The van der Waals surface area contributed by atoms with Gasteiger partial charge in [-0.15, -0.1) is 0 Å². The quantitative estimate of drug-likeness (QED) is 0.493. The van der Waals surface area contributed by atoms with E-state index in [1.165, 1.54) is 0 Å². The Morgan fingerprint density at radius 3 is 2.44 bits per heavy atom. The zero-order chi connectivity index (χ0) is 22.7. The maximum Gasteiger partial charge on any atom is 0.228 e. The number of aryl methyl sites for hydroxylation is 1. The van der Waals surface area contributed by atoms with Crippen LogP contribution < -0.4 is 0 Å². The highest BCUT2D eigenvalue weighted by molar-refractivity contribution is 7.90. The zero-order valence-electron chi connectivity index (χ0n) is 18.6. The topological polar surface area (TPSA) is 72.3 Å². The summed E-state index contributed by atoms with van der Waals surface area (Å²) in [6.45, 7) is 4.92. The van der Waals surface area contributed by atoms with Crippen LogP contribution in [-0.2, 0) is 33.5 Å². The number of imidazole rings is 1. The third kappa shape index (κ3) is 5.27. The Kier molecular flexibility index (Phi) is 6.46. The minimum absolute atomic E-state index is 0.00585. The Bertz CT molecular complexity index is 1200. The lowest BCUT2D eigenvalue weighted by molar-refractivity contribution is -0.129. The van der Waals surface area contributed by atoms with Gasteiger partial charge in [-0.1, -0.05) is 54.6 Å². The lowest BCUT2D eigenvalue weighted by atomic mass is 10.1. The number of nitrogens with zero attached hydrogens (tertiary/aromatic N) is 3. The minimum atomic E-state index is -3.68. The van der Waals surface area contributed by atoms with E-state index in [-0.39, 0.29) is 16.8 Å². The molecule has 0 unspecified atom stereocenters. The fourth-order valence-corrected chi connectivity index (χ4v) is 5.45. The number of amides is 1. The molecule has 4 rings (SSSR count). The predicted octanol–water partition coefficient (Wildman–Crippen LogP) is 3.97. The van der Waals surface area contributed by atoms with E-state index in [4.69, 9.17) is 0 Å². The SMILES string of the molecule is CC(=O)N(Cc1cnc(S(=O)(=O)Cc2ccccc2C)n1Cc1ccccc1)CC1CC1. The van der Waals surface area contributed by atoms with Crippen molar-refractivity contribution in [2.45, 2.75) is 50.7 Å². The van der Waals surface area contributed by atoms with Gasteiger partial charge in [-0.3, -0.25) is 4.79 Å². The molecule has 0 bridgehead atoms. The van der Waals surface area contributed by atoms with Gasteiger partial charge in [0.2, 0.25) is 20.9 Å². The molecule has 1 aliphatic carbocycles. The Hall–Kier alpha value is -2.93. The molecule has 1 aromatic heterocycles. The summed E-state index contributed by atoms with van der Waals surface area (Å²) in [5.41, 5.74) is 3.41. The van der Waals surface area contributed by atoms with Gasteiger partial charge in [0.1, 0.15) is 0 Å². The minimum Gasteiger partial charge on any atom is -0.337 e. The van der Waals surface area contributed by atoms with E-state index in [2.05, 4.69) is 4.98 Å². The summed E-state index contributed by atoms with van der Waals surface area (Å²) in [7, 11) is -3.68. The van der Waals surface area contributed by atoms with Gasteiger partial charge >= 0.3 is 0 Å². The monoisotopic (exact) mass is 451 g/mol. The largest absolute Gasteiger partial charge is 0.337 e. The number of benzene rings is 2. The first kappa shape index (κ1) is 22.3. The van der Waals surface area contributed by atoms with Gasteiger partial charge in [0, 0.05) is 13.5 Å². The number of hydrogen-bond donors (Lipinski definition) is 0. The first-order valence-corrected chi connectivity index (χ1v) is 12.6. The van der Waals surface area contributed by atoms with Gasteiger partial charge in [-0.25, -0.2) is 13.4 Å². The highest BCUT2D eigenvalue weighted by atomic mass is 32.2. The van der Waals surface area contributed by atoms with Gasteiger partial charge in [0.15, 0.2) is 0 Å². The van der Waals surface area contributed by atoms with E-state index in [0.29, 0.717) is 25.6 Å². The van der Waals surface area contributed by atoms with Crippen molar-refractivity contribution in [1.82, 2.24) is 14.5 Å². The highest BCUT2D eigenvalue weighted by Gasteiger charge is 2.28. The lowest BCUT2D eigenvalue weighted by Crippen LogP contribution is -2.31. The molecule has 1 aliphatic rings. The van der Waals surface area contributed by atoms with Gasteiger partial charge in [0.25, 0.3) is 0 Å². The second-order valence-corrected chi connectivity index (χ2v) is 10.5. The summed E-state index contributed by atoms with van der Waals surface area (Å²) in [6.07, 6.45) is 3.89. The summed E-state index contributed by atoms with van der Waals surface area (Å²) >= 11 is 0. The van der Waals surface area contributed by atoms with Crippen LogP contribution in [0.5, 0.6) is 0 Å².